The van der Waals surface area contributed by atoms with Crippen LogP contribution in [-0.4, -0.2) is 149 Å². The highest BCUT2D eigenvalue weighted by molar-refractivity contribution is 6.03. The van der Waals surface area contributed by atoms with Gasteiger partial charge in [-0.05, 0) is 157 Å². The third kappa shape index (κ3) is 16.8. The standard InChI is InChI=1S/C75H69N13O14/c76-75(77)79-36-6-10-57-68(93)80-39-61(89)85-60(38-62(90)91)71(96)88-59(37-40-7-2-1-3-8-40)70(95)87-58(69(94)86-57)9-4-5-35-78-67(92)45-19-11-41(12-20-45)63-49-27-29-51(81-49)64(42-13-21-46(22-14-42)72(97)98)53-31-33-55(83-53)66(44-17-25-48(26-18-44)74(101)102)56-34-32-54(84-56)65(52-30-28-50(63)82-52)43-15-23-47(24-16-43)73(99)100/h1-3,7-8,11-34,57-60,81,84H,4-6,9-10,35-39H2,(H,78,92)(H,80,93)(H,85,89)(H,86,94)(H,87,95)(H,88,96)(H,90,91)(H,97,98)(H,99,100)(H,101,102)(H4,76,77,79)/t57-,58-,59+,60-/m0/s1. The van der Waals surface area contributed by atoms with Gasteiger partial charge in [0.2, 0.25) is 29.5 Å². The van der Waals surface area contributed by atoms with Gasteiger partial charge >= 0.3 is 23.9 Å². The van der Waals surface area contributed by atoms with Crippen LogP contribution in [0.3, 0.4) is 0 Å². The molecule has 6 amide bonds. The average Bonchev–Trinajstić information content (AvgIpc) is 1.61. The van der Waals surface area contributed by atoms with Crippen LogP contribution in [0.2, 0.25) is 0 Å². The van der Waals surface area contributed by atoms with E-state index in [9.17, 15) is 68.4 Å². The Balaban J connectivity index is 0.913. The van der Waals surface area contributed by atoms with E-state index < -0.39 is 96.5 Å². The highest BCUT2D eigenvalue weighted by atomic mass is 16.4. The minimum absolute atomic E-state index is 0.0210. The zero-order chi connectivity index (χ0) is 72.1. The Kier molecular flexibility index (Phi) is 21.6. The molecule has 0 aliphatic carbocycles. The number of rotatable bonds is 21. The molecule has 11 rings (SSSR count). The van der Waals surface area contributed by atoms with Crippen LogP contribution in [-0.2, 0) is 35.2 Å². The zero-order valence-electron chi connectivity index (χ0n) is 54.5. The highest BCUT2D eigenvalue weighted by Gasteiger charge is 2.34. The number of hydrogen-bond acceptors (Lipinski definition) is 13. The number of aromatic amines is 2. The summed E-state index contributed by atoms with van der Waals surface area (Å²) in [7, 11) is 0. The number of nitrogens with one attached hydrogen (secondary N) is 10. The van der Waals surface area contributed by atoms with Crippen molar-refractivity contribution in [2.45, 2.75) is 69.1 Å². The molecule has 8 aromatic rings. The fourth-order valence-corrected chi connectivity index (χ4v) is 12.2. The molecule has 3 aliphatic rings. The van der Waals surface area contributed by atoms with E-state index in [2.05, 4.69) is 47.2 Å². The number of hydrogen-bond donors (Lipinski definition) is 15. The van der Waals surface area contributed by atoms with Crippen LogP contribution in [0, 0.1) is 5.41 Å². The minimum Gasteiger partial charge on any atom is -0.481 e. The molecule has 8 bridgehead atoms. The van der Waals surface area contributed by atoms with Gasteiger partial charge in [-0.1, -0.05) is 78.9 Å². The van der Waals surface area contributed by atoms with Crippen molar-refractivity contribution in [3.8, 4) is 44.5 Å². The Morgan fingerprint density at radius 3 is 1.25 bits per heavy atom. The number of aromatic carboxylic acids is 3. The van der Waals surface area contributed by atoms with Crippen molar-refractivity contribution in [3.63, 3.8) is 0 Å². The monoisotopic (exact) mass is 1380 g/mol. The van der Waals surface area contributed by atoms with Crippen molar-refractivity contribution in [2.24, 2.45) is 5.73 Å². The quantitative estimate of drug-likeness (QED) is 0.0190. The van der Waals surface area contributed by atoms with Gasteiger partial charge in [0, 0.05) is 69.4 Å². The van der Waals surface area contributed by atoms with Crippen LogP contribution in [0.25, 0.3) is 90.9 Å². The first-order valence-corrected chi connectivity index (χ1v) is 32.5. The second-order valence-corrected chi connectivity index (χ2v) is 24.3. The first kappa shape index (κ1) is 70.0. The number of carboxylic acids is 4. The third-order valence-electron chi connectivity index (χ3n) is 17.3. The molecule has 0 saturated carbocycles. The fraction of sp³-hybridized carbons (Fsp3) is 0.187. The topological polar surface area (TPSA) is 443 Å². The van der Waals surface area contributed by atoms with Gasteiger partial charge in [0.15, 0.2) is 5.96 Å². The number of aromatic nitrogens is 4. The van der Waals surface area contributed by atoms with Crippen LogP contribution in [0.15, 0.2) is 152 Å². The predicted molar refractivity (Wildman–Crippen MR) is 380 cm³/mol. The van der Waals surface area contributed by atoms with Gasteiger partial charge in [-0.3, -0.25) is 39.0 Å². The highest BCUT2D eigenvalue weighted by Crippen LogP contribution is 2.39. The van der Waals surface area contributed by atoms with E-state index in [0.29, 0.717) is 94.9 Å². The van der Waals surface area contributed by atoms with Crippen molar-refractivity contribution >= 4 is 112 Å². The predicted octanol–water partition coefficient (Wildman–Crippen LogP) is 7.37. The van der Waals surface area contributed by atoms with Crippen molar-refractivity contribution < 1.29 is 68.4 Å². The van der Waals surface area contributed by atoms with Crippen molar-refractivity contribution in [2.75, 3.05) is 19.6 Å². The van der Waals surface area contributed by atoms with Gasteiger partial charge < -0.3 is 73.3 Å². The molecular formula is C75H69N13O14. The molecule has 518 valence electrons. The van der Waals surface area contributed by atoms with E-state index in [1.807, 2.05) is 48.6 Å². The zero-order valence-corrected chi connectivity index (χ0v) is 54.5. The lowest BCUT2D eigenvalue weighted by Gasteiger charge is -2.26. The Morgan fingerprint density at radius 1 is 0.441 bits per heavy atom. The van der Waals surface area contributed by atoms with Crippen molar-refractivity contribution in [1.82, 2.24) is 57.2 Å². The van der Waals surface area contributed by atoms with Crippen LogP contribution in [0.4, 0.5) is 0 Å². The molecular weight excluding hydrogens is 1310 g/mol. The molecule has 3 aromatic heterocycles. The smallest absolute Gasteiger partial charge is 0.335 e. The fourth-order valence-electron chi connectivity index (χ4n) is 12.2. The van der Waals surface area contributed by atoms with Gasteiger partial charge in [-0.25, -0.2) is 24.4 Å². The molecule has 16 N–H and O–H groups in total. The van der Waals surface area contributed by atoms with Crippen molar-refractivity contribution in [1.29, 1.82) is 5.41 Å². The number of nitrogens with two attached hydrogens (primary N) is 1. The van der Waals surface area contributed by atoms with Crippen LogP contribution >= 0.6 is 0 Å². The lowest BCUT2D eigenvalue weighted by molar-refractivity contribution is -0.141. The lowest BCUT2D eigenvalue weighted by Crippen LogP contribution is -2.58. The summed E-state index contributed by atoms with van der Waals surface area (Å²) < 4.78 is 0. The maximum Gasteiger partial charge on any atom is 0.335 e. The maximum atomic E-state index is 14.4. The number of amides is 6. The molecule has 1 saturated heterocycles. The molecule has 5 aromatic carbocycles. The maximum absolute atomic E-state index is 14.4. The first-order valence-electron chi connectivity index (χ1n) is 32.5. The van der Waals surface area contributed by atoms with Crippen LogP contribution in [0.5, 0.6) is 0 Å². The molecule has 102 heavy (non-hydrogen) atoms. The van der Waals surface area contributed by atoms with E-state index >= 15 is 0 Å². The normalized spacial score (nSPS) is 16.2. The Bertz CT molecular complexity index is 4820. The first-order chi connectivity index (χ1) is 49.1. The molecule has 0 unspecified atom stereocenters. The number of H-pyrrole nitrogens is 2. The number of nitrogens with zero attached hydrogens (tertiary/aromatic N) is 2. The van der Waals surface area contributed by atoms with E-state index in [1.54, 1.807) is 91.0 Å². The molecule has 3 aliphatic heterocycles. The summed E-state index contributed by atoms with van der Waals surface area (Å²) in [5.74, 6) is -9.90. The summed E-state index contributed by atoms with van der Waals surface area (Å²) in [6.45, 7) is -0.475. The summed E-state index contributed by atoms with van der Waals surface area (Å²) in [5.41, 5.74) is 15.8. The minimum atomic E-state index is -1.67. The van der Waals surface area contributed by atoms with E-state index in [1.165, 1.54) is 36.4 Å². The molecule has 0 radical (unpaired) electrons. The van der Waals surface area contributed by atoms with E-state index in [4.69, 9.17) is 21.1 Å². The van der Waals surface area contributed by atoms with Gasteiger partial charge in [-0.15, -0.1) is 0 Å². The number of fused-ring (bicyclic) bond motifs is 8. The Labute approximate surface area is 581 Å². The molecule has 0 spiro atoms. The summed E-state index contributed by atoms with van der Waals surface area (Å²) in [5, 5.41) is 65.1. The van der Waals surface area contributed by atoms with Gasteiger partial charge in [0.05, 0.1) is 52.4 Å². The molecule has 27 nitrogen and oxygen atoms in total. The number of aliphatic carboxylic acids is 1. The van der Waals surface area contributed by atoms with Crippen LogP contribution in [0.1, 0.15) is 108 Å². The van der Waals surface area contributed by atoms with E-state index in [0.717, 1.165) is 0 Å². The second-order valence-electron chi connectivity index (χ2n) is 24.3. The summed E-state index contributed by atoms with van der Waals surface area (Å²) in [6, 6.07) is 36.3. The van der Waals surface area contributed by atoms with Gasteiger partial charge in [0.25, 0.3) is 5.91 Å². The number of unbranched alkanes of at least 4 members (excludes halogenated alkanes) is 1. The number of carboxylic acid groups (broad SMARTS) is 4. The lowest BCUT2D eigenvalue weighted by atomic mass is 10.0. The largest absolute Gasteiger partial charge is 0.481 e. The number of carbonyl (C=O) groups excluding carboxylic acids is 6. The molecule has 27 heteroatoms. The molecule has 4 atom stereocenters. The van der Waals surface area contributed by atoms with Crippen LogP contribution < -0.4 is 43.0 Å². The van der Waals surface area contributed by atoms with Crippen molar-refractivity contribution in [3.05, 3.63) is 202 Å². The Morgan fingerprint density at radius 2 is 0.824 bits per heavy atom. The summed E-state index contributed by atoms with van der Waals surface area (Å²) in [4.78, 5) is 149. The van der Waals surface area contributed by atoms with E-state index in [-0.39, 0.29) is 79.8 Å². The Hall–Kier alpha value is -13.3. The molecule has 6 heterocycles. The summed E-state index contributed by atoms with van der Waals surface area (Å²) in [6.07, 6.45) is 7.01. The SMILES string of the molecule is N=C(N)NCCC[C@@H]1NC(=O)[C@H](CCCCNC(=O)c2ccc(-c3c4nc(c(-c5ccc(C(=O)O)cc5)c5ccc([nH]5)c(-c5ccc(C(=O)O)cc5)c5nc(c(-c6ccc(C(=O)O)cc6)c6ccc3[nH]6)C=C5)C=C4)cc2)NC(=O)[C@@H](Cc2ccccc2)NC(=O)[C@H](CC(=O)O)NC(=O)CNC1=O. The molecule has 1 fully saturated rings. The van der Waals surface area contributed by atoms with Gasteiger partial charge in [0.1, 0.15) is 24.2 Å². The summed E-state index contributed by atoms with van der Waals surface area (Å²) >= 11 is 0. The second kappa shape index (κ2) is 31.5. The number of carbonyl (C=O) groups is 10. The third-order valence-corrected chi connectivity index (χ3v) is 17.3. The number of guanidine groups is 1. The average molecular weight is 1380 g/mol. The number of benzene rings is 5. The van der Waals surface area contributed by atoms with Gasteiger partial charge in [-0.2, -0.15) is 0 Å².